The van der Waals surface area contributed by atoms with Gasteiger partial charge in [-0.3, -0.25) is 15.6 Å². The van der Waals surface area contributed by atoms with E-state index < -0.39 is 0 Å². The van der Waals surface area contributed by atoms with Crippen molar-refractivity contribution < 1.29 is 4.79 Å². The first kappa shape index (κ1) is 13.6. The average Bonchev–Trinajstić information content (AvgIpc) is 2.43. The molecule has 1 aromatic carbocycles. The van der Waals surface area contributed by atoms with Crippen LogP contribution in [-0.2, 0) is 0 Å². The van der Waals surface area contributed by atoms with Crippen molar-refractivity contribution in [2.75, 3.05) is 10.7 Å². The Morgan fingerprint density at radius 2 is 2.00 bits per heavy atom. The number of aromatic nitrogens is 1. The van der Waals surface area contributed by atoms with Crippen molar-refractivity contribution >= 4 is 40.5 Å². The van der Waals surface area contributed by atoms with E-state index in [-0.39, 0.29) is 10.9 Å². The number of amides is 1. The first-order chi connectivity index (χ1) is 9.13. The Morgan fingerprint density at radius 3 is 2.74 bits per heavy atom. The number of hydrogen-bond acceptors (Lipinski definition) is 4. The fourth-order valence-electron chi connectivity index (χ4n) is 1.49. The highest BCUT2D eigenvalue weighted by atomic mass is 35.5. The molecular weight excluding hydrogens is 287 g/mol. The van der Waals surface area contributed by atoms with Crippen molar-refractivity contribution in [3.05, 3.63) is 52.3 Å². The number of rotatable bonds is 3. The molecule has 98 valence electrons. The van der Waals surface area contributed by atoms with Crippen molar-refractivity contribution in [3.63, 3.8) is 0 Å². The molecule has 0 atom stereocenters. The quantitative estimate of drug-likeness (QED) is 0.601. The summed E-state index contributed by atoms with van der Waals surface area (Å²) in [5.41, 5.74) is 3.62. The molecule has 0 saturated carbocycles. The lowest BCUT2D eigenvalue weighted by Crippen LogP contribution is -2.17. The summed E-state index contributed by atoms with van der Waals surface area (Å²) in [7, 11) is 0. The number of anilines is 2. The molecular formula is C12H10Cl2N4O. The fraction of sp³-hybridized carbons (Fsp3) is 0. The highest BCUT2D eigenvalue weighted by Gasteiger charge is 2.13. The highest BCUT2D eigenvalue weighted by Crippen LogP contribution is 2.30. The Bertz CT molecular complexity index is 618. The molecule has 19 heavy (non-hydrogen) atoms. The van der Waals surface area contributed by atoms with E-state index >= 15 is 0 Å². The van der Waals surface area contributed by atoms with Gasteiger partial charge in [-0.15, -0.1) is 0 Å². The molecule has 0 radical (unpaired) electrons. The number of halogens is 2. The summed E-state index contributed by atoms with van der Waals surface area (Å²) in [5, 5.41) is 3.30. The molecule has 5 nitrogen and oxygen atoms in total. The SMILES string of the molecule is NNc1ccncc1C(=O)Nc1cccc(Cl)c1Cl. The van der Waals surface area contributed by atoms with Gasteiger partial charge < -0.3 is 10.7 Å². The van der Waals surface area contributed by atoms with Gasteiger partial charge in [0.15, 0.2) is 0 Å². The second kappa shape index (κ2) is 5.88. The van der Waals surface area contributed by atoms with Gasteiger partial charge in [0, 0.05) is 12.4 Å². The van der Waals surface area contributed by atoms with Gasteiger partial charge in [-0.2, -0.15) is 0 Å². The van der Waals surface area contributed by atoms with Gasteiger partial charge in [-0.1, -0.05) is 29.3 Å². The van der Waals surface area contributed by atoms with Gasteiger partial charge in [-0.05, 0) is 18.2 Å². The minimum atomic E-state index is -0.384. The first-order valence-electron chi connectivity index (χ1n) is 5.29. The molecule has 2 aromatic rings. The van der Waals surface area contributed by atoms with E-state index in [1.807, 2.05) is 0 Å². The van der Waals surface area contributed by atoms with Crippen LogP contribution in [0.25, 0.3) is 0 Å². The number of hydrazine groups is 1. The zero-order valence-electron chi connectivity index (χ0n) is 9.65. The minimum absolute atomic E-state index is 0.281. The standard InChI is InChI=1S/C12H10Cl2N4O/c13-8-2-1-3-10(11(8)14)17-12(19)7-6-16-5-4-9(7)18-15/h1-6H,15H2,(H,16,18)(H,17,19). The first-order valence-corrected chi connectivity index (χ1v) is 6.05. The van der Waals surface area contributed by atoms with Crippen LogP contribution in [0.15, 0.2) is 36.7 Å². The molecule has 0 aliphatic rings. The number of nitrogens with one attached hydrogen (secondary N) is 2. The maximum atomic E-state index is 12.1. The number of hydrogen-bond donors (Lipinski definition) is 3. The summed E-state index contributed by atoms with van der Waals surface area (Å²) < 4.78 is 0. The molecule has 0 bridgehead atoms. The predicted octanol–water partition coefficient (Wildman–Crippen LogP) is 2.93. The maximum absolute atomic E-state index is 12.1. The predicted molar refractivity (Wildman–Crippen MR) is 76.5 cm³/mol. The lowest BCUT2D eigenvalue weighted by Gasteiger charge is -2.10. The molecule has 7 heteroatoms. The second-order valence-corrected chi connectivity index (χ2v) is 4.41. The maximum Gasteiger partial charge on any atom is 0.259 e. The number of nitrogens with zero attached hydrogens (tertiary/aromatic N) is 1. The fourth-order valence-corrected chi connectivity index (χ4v) is 1.84. The van der Waals surface area contributed by atoms with Crippen LogP contribution in [0.5, 0.6) is 0 Å². The molecule has 0 aliphatic heterocycles. The van der Waals surface area contributed by atoms with Crippen LogP contribution in [0, 0.1) is 0 Å². The van der Waals surface area contributed by atoms with E-state index in [0.29, 0.717) is 22.0 Å². The van der Waals surface area contributed by atoms with E-state index in [1.54, 1.807) is 24.3 Å². The average molecular weight is 297 g/mol. The summed E-state index contributed by atoms with van der Waals surface area (Å²) in [6, 6.07) is 6.57. The Labute approximate surface area is 119 Å². The number of benzene rings is 1. The van der Waals surface area contributed by atoms with Crippen LogP contribution >= 0.6 is 23.2 Å². The van der Waals surface area contributed by atoms with Gasteiger partial charge in [0.1, 0.15) is 0 Å². The van der Waals surface area contributed by atoms with Crippen LogP contribution in [0.2, 0.25) is 10.0 Å². The molecule has 0 saturated heterocycles. The van der Waals surface area contributed by atoms with Crippen LogP contribution in [0.1, 0.15) is 10.4 Å². The molecule has 0 fully saturated rings. The van der Waals surface area contributed by atoms with Crippen molar-refractivity contribution in [1.29, 1.82) is 0 Å². The number of carbonyl (C=O) groups is 1. The Hall–Kier alpha value is -1.82. The molecule has 0 spiro atoms. The van der Waals surface area contributed by atoms with Crippen LogP contribution in [0.3, 0.4) is 0 Å². The monoisotopic (exact) mass is 296 g/mol. The zero-order chi connectivity index (χ0) is 13.8. The van der Waals surface area contributed by atoms with E-state index in [1.165, 1.54) is 12.4 Å². The third kappa shape index (κ3) is 2.96. The van der Waals surface area contributed by atoms with E-state index in [2.05, 4.69) is 15.7 Å². The molecule has 4 N–H and O–H groups in total. The topological polar surface area (TPSA) is 80.0 Å². The minimum Gasteiger partial charge on any atom is -0.323 e. The number of pyridine rings is 1. The molecule has 1 amide bonds. The Kier molecular flexibility index (Phi) is 4.21. The van der Waals surface area contributed by atoms with Gasteiger partial charge in [0.05, 0.1) is 27.0 Å². The number of carbonyl (C=O) groups excluding carboxylic acids is 1. The van der Waals surface area contributed by atoms with Gasteiger partial charge in [0.25, 0.3) is 5.91 Å². The smallest absolute Gasteiger partial charge is 0.259 e. The third-order valence-corrected chi connectivity index (χ3v) is 3.24. The van der Waals surface area contributed by atoms with E-state index in [0.717, 1.165) is 0 Å². The van der Waals surface area contributed by atoms with Crippen molar-refractivity contribution in [3.8, 4) is 0 Å². The van der Waals surface area contributed by atoms with Gasteiger partial charge in [0.2, 0.25) is 0 Å². The number of nitrogens with two attached hydrogens (primary N) is 1. The summed E-state index contributed by atoms with van der Waals surface area (Å²) in [5.74, 6) is 4.95. The van der Waals surface area contributed by atoms with E-state index in [9.17, 15) is 4.79 Å². The Balaban J connectivity index is 2.28. The van der Waals surface area contributed by atoms with Crippen LogP contribution in [-0.4, -0.2) is 10.9 Å². The summed E-state index contributed by atoms with van der Waals surface area (Å²) in [4.78, 5) is 16.0. The zero-order valence-corrected chi connectivity index (χ0v) is 11.2. The molecule has 0 aliphatic carbocycles. The third-order valence-electron chi connectivity index (χ3n) is 2.42. The van der Waals surface area contributed by atoms with Crippen molar-refractivity contribution in [2.24, 2.45) is 5.84 Å². The van der Waals surface area contributed by atoms with Crippen LogP contribution in [0.4, 0.5) is 11.4 Å². The normalized spacial score (nSPS) is 10.1. The van der Waals surface area contributed by atoms with Gasteiger partial charge in [-0.25, -0.2) is 0 Å². The largest absolute Gasteiger partial charge is 0.323 e. The summed E-state index contributed by atoms with van der Waals surface area (Å²) in [6.45, 7) is 0. The van der Waals surface area contributed by atoms with Crippen molar-refractivity contribution in [1.82, 2.24) is 4.98 Å². The van der Waals surface area contributed by atoms with Crippen LogP contribution < -0.4 is 16.6 Å². The lowest BCUT2D eigenvalue weighted by atomic mass is 10.2. The summed E-state index contributed by atoms with van der Waals surface area (Å²) in [6.07, 6.45) is 2.93. The molecule has 0 unspecified atom stereocenters. The van der Waals surface area contributed by atoms with Gasteiger partial charge >= 0.3 is 0 Å². The summed E-state index contributed by atoms with van der Waals surface area (Å²) >= 11 is 11.9. The lowest BCUT2D eigenvalue weighted by molar-refractivity contribution is 0.102. The second-order valence-electron chi connectivity index (χ2n) is 3.62. The Morgan fingerprint density at radius 1 is 1.21 bits per heavy atom. The number of nitrogen functional groups attached to an aromatic ring is 1. The van der Waals surface area contributed by atoms with E-state index in [4.69, 9.17) is 29.0 Å². The molecule has 1 heterocycles. The molecule has 2 rings (SSSR count). The highest BCUT2D eigenvalue weighted by molar-refractivity contribution is 6.44. The van der Waals surface area contributed by atoms with Crippen molar-refractivity contribution in [2.45, 2.75) is 0 Å². The molecule has 1 aromatic heterocycles.